The fourth-order valence-corrected chi connectivity index (χ4v) is 2.34. The zero-order chi connectivity index (χ0) is 13.2. The Labute approximate surface area is 116 Å². The average molecular weight is 282 g/mol. The molecule has 6 heteroatoms. The number of hydrogen-bond donors (Lipinski definition) is 1. The van der Waals surface area contributed by atoms with E-state index < -0.39 is 0 Å². The molecule has 2 aliphatic rings. The van der Waals surface area contributed by atoms with Crippen molar-refractivity contribution in [3.05, 3.63) is 23.4 Å². The van der Waals surface area contributed by atoms with Gasteiger partial charge < -0.3 is 15.0 Å². The molecule has 2 heterocycles. The highest BCUT2D eigenvalue weighted by molar-refractivity contribution is 6.29. The Bertz CT molecular complexity index is 479. The Hall–Kier alpha value is -1.33. The van der Waals surface area contributed by atoms with E-state index in [1.165, 1.54) is 0 Å². The van der Waals surface area contributed by atoms with Crippen molar-refractivity contribution in [2.45, 2.75) is 24.9 Å². The number of nitrogens with one attached hydrogen (secondary N) is 1. The summed E-state index contributed by atoms with van der Waals surface area (Å²) in [5.74, 6) is 0.746. The van der Waals surface area contributed by atoms with E-state index in [9.17, 15) is 4.79 Å². The number of hydrogen-bond acceptors (Lipinski definition) is 4. The third-order valence-electron chi connectivity index (χ3n) is 3.35. The zero-order valence-corrected chi connectivity index (χ0v) is 11.3. The molecule has 0 bridgehead atoms. The molecule has 19 heavy (non-hydrogen) atoms. The van der Waals surface area contributed by atoms with Gasteiger partial charge >= 0.3 is 0 Å². The maximum atomic E-state index is 12.2. The van der Waals surface area contributed by atoms with Gasteiger partial charge in [-0.15, -0.1) is 0 Å². The van der Waals surface area contributed by atoms with Gasteiger partial charge in [0.1, 0.15) is 17.0 Å². The molecule has 1 aromatic heterocycles. The van der Waals surface area contributed by atoms with Crippen LogP contribution in [-0.4, -0.2) is 42.7 Å². The molecular formula is C13H16ClN3O2. The predicted molar refractivity (Wildman–Crippen MR) is 72.4 cm³/mol. The van der Waals surface area contributed by atoms with Crippen LogP contribution in [0.25, 0.3) is 0 Å². The lowest BCUT2D eigenvalue weighted by molar-refractivity contribution is -0.124. The van der Waals surface area contributed by atoms with Gasteiger partial charge in [0, 0.05) is 12.6 Å². The quantitative estimate of drug-likeness (QED) is 0.847. The maximum Gasteiger partial charge on any atom is 0.245 e. The first kappa shape index (κ1) is 12.7. The van der Waals surface area contributed by atoms with Crippen LogP contribution in [0.3, 0.4) is 0 Å². The first-order valence-electron chi connectivity index (χ1n) is 6.51. The van der Waals surface area contributed by atoms with Gasteiger partial charge in [0.25, 0.3) is 0 Å². The second-order valence-electron chi connectivity index (χ2n) is 4.89. The topological polar surface area (TPSA) is 54.5 Å². The van der Waals surface area contributed by atoms with Gasteiger partial charge in [0.15, 0.2) is 0 Å². The number of nitrogens with zero attached hydrogens (tertiary/aromatic N) is 2. The largest absolute Gasteiger partial charge is 0.377 e. The van der Waals surface area contributed by atoms with Crippen molar-refractivity contribution in [3.8, 4) is 0 Å². The van der Waals surface area contributed by atoms with Crippen LogP contribution in [0.15, 0.2) is 18.2 Å². The molecule has 3 rings (SSSR count). The molecule has 1 aliphatic heterocycles. The molecule has 1 aliphatic carbocycles. The van der Waals surface area contributed by atoms with Crippen LogP contribution in [0.5, 0.6) is 0 Å². The van der Waals surface area contributed by atoms with Crippen LogP contribution in [0.2, 0.25) is 5.15 Å². The van der Waals surface area contributed by atoms with Crippen molar-refractivity contribution in [2.75, 3.05) is 24.7 Å². The number of pyridine rings is 1. The molecule has 1 amide bonds. The van der Waals surface area contributed by atoms with Gasteiger partial charge in [0.05, 0.1) is 13.2 Å². The summed E-state index contributed by atoms with van der Waals surface area (Å²) in [6.07, 6.45) is 2.16. The number of carbonyl (C=O) groups is 1. The Balaban J connectivity index is 1.77. The third-order valence-corrected chi connectivity index (χ3v) is 3.56. The highest BCUT2D eigenvalue weighted by Crippen LogP contribution is 2.22. The second-order valence-corrected chi connectivity index (χ2v) is 5.27. The lowest BCUT2D eigenvalue weighted by Crippen LogP contribution is -2.54. The molecule has 0 aromatic carbocycles. The van der Waals surface area contributed by atoms with Gasteiger partial charge in [-0.2, -0.15) is 0 Å². The van der Waals surface area contributed by atoms with Crippen LogP contribution in [0, 0.1) is 0 Å². The van der Waals surface area contributed by atoms with E-state index in [-0.39, 0.29) is 11.9 Å². The Kier molecular flexibility index (Phi) is 3.57. The Morgan fingerprint density at radius 2 is 2.32 bits per heavy atom. The van der Waals surface area contributed by atoms with E-state index in [0.29, 0.717) is 31.0 Å². The minimum absolute atomic E-state index is 0.0176. The van der Waals surface area contributed by atoms with Crippen LogP contribution >= 0.6 is 11.6 Å². The lowest BCUT2D eigenvalue weighted by atomic mass is 10.2. The van der Waals surface area contributed by atoms with Crippen molar-refractivity contribution in [3.63, 3.8) is 0 Å². The number of carbonyl (C=O) groups excluding carboxylic acids is 1. The summed E-state index contributed by atoms with van der Waals surface area (Å²) >= 11 is 5.92. The predicted octanol–water partition coefficient (Wildman–Crippen LogP) is 1.22. The summed E-state index contributed by atoms with van der Waals surface area (Å²) in [6.45, 7) is 1.64. The zero-order valence-electron chi connectivity index (χ0n) is 10.5. The molecule has 1 atom stereocenters. The summed E-state index contributed by atoms with van der Waals surface area (Å²) in [7, 11) is 0. The molecule has 0 spiro atoms. The number of morpholine rings is 1. The molecule has 1 N–H and O–H groups in total. The highest BCUT2D eigenvalue weighted by atomic mass is 35.5. The fraction of sp³-hybridized carbons (Fsp3) is 0.538. The normalized spacial score (nSPS) is 23.2. The molecule has 1 saturated carbocycles. The van der Waals surface area contributed by atoms with Crippen molar-refractivity contribution < 1.29 is 9.53 Å². The Morgan fingerprint density at radius 1 is 1.47 bits per heavy atom. The van der Waals surface area contributed by atoms with Crippen molar-refractivity contribution in [1.29, 1.82) is 0 Å². The number of amides is 1. The summed E-state index contributed by atoms with van der Waals surface area (Å²) < 4.78 is 5.42. The van der Waals surface area contributed by atoms with Gasteiger partial charge in [-0.25, -0.2) is 4.98 Å². The van der Waals surface area contributed by atoms with Crippen molar-refractivity contribution in [1.82, 2.24) is 10.3 Å². The SMILES string of the molecule is O=C(NC1CC1)C1COCCN1c1cccc(Cl)n1. The minimum atomic E-state index is -0.319. The number of halogens is 1. The monoisotopic (exact) mass is 281 g/mol. The van der Waals surface area contributed by atoms with Crippen LogP contribution in [0.4, 0.5) is 5.82 Å². The average Bonchev–Trinajstić information content (AvgIpc) is 3.23. The smallest absolute Gasteiger partial charge is 0.245 e. The molecule has 1 saturated heterocycles. The molecule has 0 radical (unpaired) electrons. The summed E-state index contributed by atoms with van der Waals surface area (Å²) in [4.78, 5) is 18.5. The van der Waals surface area contributed by atoms with Gasteiger partial charge in [0.2, 0.25) is 5.91 Å². The number of aromatic nitrogens is 1. The van der Waals surface area contributed by atoms with Crippen molar-refractivity contribution in [2.24, 2.45) is 0 Å². The van der Waals surface area contributed by atoms with E-state index in [1.54, 1.807) is 6.07 Å². The van der Waals surface area contributed by atoms with E-state index >= 15 is 0 Å². The molecular weight excluding hydrogens is 266 g/mol. The van der Waals surface area contributed by atoms with E-state index in [1.807, 2.05) is 17.0 Å². The van der Waals surface area contributed by atoms with Gasteiger partial charge in [-0.3, -0.25) is 4.79 Å². The minimum Gasteiger partial charge on any atom is -0.377 e. The standard InChI is InChI=1S/C13H16ClN3O2/c14-11-2-1-3-12(16-11)17-6-7-19-8-10(17)13(18)15-9-4-5-9/h1-3,9-10H,4-8H2,(H,15,18). The maximum absolute atomic E-state index is 12.2. The van der Waals surface area contributed by atoms with E-state index in [4.69, 9.17) is 16.3 Å². The van der Waals surface area contributed by atoms with E-state index in [2.05, 4.69) is 10.3 Å². The summed E-state index contributed by atoms with van der Waals surface area (Å²) in [5.41, 5.74) is 0. The van der Waals surface area contributed by atoms with Crippen molar-refractivity contribution >= 4 is 23.3 Å². The first-order chi connectivity index (χ1) is 9.24. The second kappa shape index (κ2) is 5.35. The number of anilines is 1. The first-order valence-corrected chi connectivity index (χ1v) is 6.89. The molecule has 1 aromatic rings. The summed E-state index contributed by atoms with van der Waals surface area (Å²) in [6, 6.07) is 5.47. The molecule has 1 unspecified atom stereocenters. The Morgan fingerprint density at radius 3 is 3.05 bits per heavy atom. The van der Waals surface area contributed by atoms with Crippen LogP contribution in [-0.2, 0) is 9.53 Å². The highest BCUT2D eigenvalue weighted by Gasteiger charge is 2.33. The summed E-state index contributed by atoms with van der Waals surface area (Å²) in [5, 5.41) is 3.45. The fourth-order valence-electron chi connectivity index (χ4n) is 2.18. The molecule has 2 fully saturated rings. The lowest BCUT2D eigenvalue weighted by Gasteiger charge is -2.35. The van der Waals surface area contributed by atoms with Gasteiger partial charge in [-0.1, -0.05) is 17.7 Å². The molecule has 5 nitrogen and oxygen atoms in total. The molecule has 102 valence electrons. The van der Waals surface area contributed by atoms with E-state index in [0.717, 1.165) is 18.7 Å². The number of ether oxygens (including phenoxy) is 1. The third kappa shape index (κ3) is 2.98. The van der Waals surface area contributed by atoms with Gasteiger partial charge in [-0.05, 0) is 25.0 Å². The van der Waals surface area contributed by atoms with Crippen LogP contribution < -0.4 is 10.2 Å². The van der Waals surface area contributed by atoms with Crippen LogP contribution in [0.1, 0.15) is 12.8 Å². The number of rotatable bonds is 3.